The van der Waals surface area contributed by atoms with Crippen LogP contribution in [0.4, 0.5) is 4.79 Å². The smallest absolute Gasteiger partial charge is 0.437 e. The largest absolute Gasteiger partial charge is 0.553 e. The van der Waals surface area contributed by atoms with Crippen molar-refractivity contribution in [2.75, 3.05) is 0 Å². The third-order valence-electron chi connectivity index (χ3n) is 0.840. The number of rotatable bonds is 1. The van der Waals surface area contributed by atoms with Crippen LogP contribution in [0.25, 0.3) is 0 Å². The SMILES string of the molecule is O=C(O)[s+]1cccc1Cl. The van der Waals surface area contributed by atoms with Crippen LogP contribution in [0.5, 0.6) is 0 Å². The van der Waals surface area contributed by atoms with Gasteiger partial charge < -0.3 is 5.11 Å². The number of thiophene rings is 1. The van der Waals surface area contributed by atoms with Crippen LogP contribution in [-0.4, -0.2) is 10.4 Å². The van der Waals surface area contributed by atoms with Crippen molar-refractivity contribution in [3.05, 3.63) is 21.8 Å². The standard InChI is InChI=1S/C5H3ClO2S/c6-4-2-1-3-9(4)5(7)8/h1-3H/p+1. The number of hydrogen-bond donors (Lipinski definition) is 1. The van der Waals surface area contributed by atoms with Crippen molar-refractivity contribution < 1.29 is 9.90 Å². The maximum absolute atomic E-state index is 10.2. The molecule has 0 spiro atoms. The van der Waals surface area contributed by atoms with E-state index in [1.54, 1.807) is 17.5 Å². The Bertz CT molecular complexity index is 231. The zero-order chi connectivity index (χ0) is 6.85. The summed E-state index contributed by atoms with van der Waals surface area (Å²) in [6, 6.07) is 3.25. The molecule has 1 atom stereocenters. The maximum Gasteiger partial charge on any atom is 0.553 e. The van der Waals surface area contributed by atoms with E-state index in [0.29, 0.717) is 4.34 Å². The molecule has 0 aliphatic rings. The summed E-state index contributed by atoms with van der Waals surface area (Å²) in [4.78, 5) is 10.2. The zero-order valence-electron chi connectivity index (χ0n) is 4.37. The van der Waals surface area contributed by atoms with Gasteiger partial charge in [0.1, 0.15) is 10.5 Å². The molecule has 1 heterocycles. The van der Waals surface area contributed by atoms with E-state index >= 15 is 0 Å². The van der Waals surface area contributed by atoms with Gasteiger partial charge in [-0.2, -0.15) is 4.79 Å². The van der Waals surface area contributed by atoms with Gasteiger partial charge in [0.15, 0.2) is 5.38 Å². The van der Waals surface area contributed by atoms with Gasteiger partial charge in [0.2, 0.25) is 0 Å². The molecule has 48 valence electrons. The number of carbonyl (C=O) groups is 1. The van der Waals surface area contributed by atoms with Crippen molar-refractivity contribution >= 4 is 27.4 Å². The lowest BCUT2D eigenvalue weighted by molar-refractivity contribution is 0.221. The molecular weight excluding hydrogens is 160 g/mol. The molecule has 1 N–H and O–H groups in total. The summed E-state index contributed by atoms with van der Waals surface area (Å²) in [6.07, 6.45) is 0. The highest BCUT2D eigenvalue weighted by Crippen LogP contribution is 2.29. The predicted molar refractivity (Wildman–Crippen MR) is 37.4 cm³/mol. The maximum atomic E-state index is 10.2. The monoisotopic (exact) mass is 163 g/mol. The Kier molecular flexibility index (Phi) is 1.73. The fourth-order valence-electron chi connectivity index (χ4n) is 0.473. The molecule has 0 amide bonds. The Hall–Kier alpha value is -0.540. The summed E-state index contributed by atoms with van der Waals surface area (Å²) in [7, 11) is -0.861. The Labute approximate surface area is 59.7 Å². The molecule has 4 heteroatoms. The minimum atomic E-state index is -0.870. The fraction of sp³-hybridized carbons (Fsp3) is 0. The normalized spacial score (nSPS) is 11.4. The first-order chi connectivity index (χ1) is 4.22. The van der Waals surface area contributed by atoms with Gasteiger partial charge in [0.25, 0.3) is 4.34 Å². The summed E-state index contributed by atoms with van der Waals surface area (Å²) in [5, 5.41) is 9.12. The Balaban J connectivity index is 3.08. The van der Waals surface area contributed by atoms with Gasteiger partial charge in [-0.3, -0.25) is 0 Å². The summed E-state index contributed by atoms with van der Waals surface area (Å²) in [5.41, 5.74) is 0. The minimum absolute atomic E-state index is 0.405. The Morgan fingerprint density at radius 2 is 2.44 bits per heavy atom. The van der Waals surface area contributed by atoms with Gasteiger partial charge in [0, 0.05) is 6.07 Å². The number of carboxylic acid groups (broad SMARTS) is 1. The van der Waals surface area contributed by atoms with Gasteiger partial charge in [-0.15, -0.1) is 0 Å². The quantitative estimate of drug-likeness (QED) is 0.647. The van der Waals surface area contributed by atoms with Crippen molar-refractivity contribution in [3.8, 4) is 0 Å². The average Bonchev–Trinajstić information content (AvgIpc) is 2.13. The van der Waals surface area contributed by atoms with Crippen LogP contribution >= 0.6 is 22.1 Å². The Morgan fingerprint density at radius 3 is 2.67 bits per heavy atom. The summed E-state index contributed by atoms with van der Waals surface area (Å²) in [5.74, 6) is 0. The molecule has 2 nitrogen and oxygen atoms in total. The predicted octanol–water partition coefficient (Wildman–Crippen LogP) is 2.62. The highest BCUT2D eigenvalue weighted by molar-refractivity contribution is 7.51. The van der Waals surface area contributed by atoms with Crippen LogP contribution in [0.1, 0.15) is 0 Å². The molecule has 0 bridgehead atoms. The minimum Gasteiger partial charge on any atom is -0.437 e. The van der Waals surface area contributed by atoms with Crippen LogP contribution < -0.4 is 0 Å². The van der Waals surface area contributed by atoms with Gasteiger partial charge in [-0.25, -0.2) is 0 Å². The third kappa shape index (κ3) is 1.23. The van der Waals surface area contributed by atoms with Crippen LogP contribution in [0, 0.1) is 0 Å². The molecule has 9 heavy (non-hydrogen) atoms. The van der Waals surface area contributed by atoms with E-state index in [2.05, 4.69) is 0 Å². The first kappa shape index (κ1) is 6.58. The topological polar surface area (TPSA) is 37.3 Å². The highest BCUT2D eigenvalue weighted by atomic mass is 35.5. The van der Waals surface area contributed by atoms with Crippen LogP contribution in [0.2, 0.25) is 4.34 Å². The molecule has 1 aromatic rings. The van der Waals surface area contributed by atoms with Gasteiger partial charge in [0.05, 0.1) is 0 Å². The van der Waals surface area contributed by atoms with E-state index in [1.807, 2.05) is 0 Å². The molecule has 1 aromatic heterocycles. The molecule has 0 fully saturated rings. The van der Waals surface area contributed by atoms with Gasteiger partial charge in [-0.1, -0.05) is 0 Å². The molecule has 0 aliphatic heterocycles. The number of halogens is 1. The highest BCUT2D eigenvalue weighted by Gasteiger charge is 2.19. The second-order valence-corrected chi connectivity index (χ2v) is 3.77. The third-order valence-corrected chi connectivity index (χ3v) is 2.83. The second-order valence-electron chi connectivity index (χ2n) is 1.40. The summed E-state index contributed by atoms with van der Waals surface area (Å²) < 4.78 is 0.405. The average molecular weight is 164 g/mol. The Morgan fingerprint density at radius 1 is 1.78 bits per heavy atom. The second kappa shape index (κ2) is 2.37. The van der Waals surface area contributed by atoms with Crippen molar-refractivity contribution in [2.45, 2.75) is 0 Å². The van der Waals surface area contributed by atoms with Crippen LogP contribution in [0.3, 0.4) is 0 Å². The molecule has 0 radical (unpaired) electrons. The van der Waals surface area contributed by atoms with E-state index in [-0.39, 0.29) is 0 Å². The first-order valence-electron chi connectivity index (χ1n) is 2.22. The molecule has 0 aliphatic carbocycles. The zero-order valence-corrected chi connectivity index (χ0v) is 5.95. The van der Waals surface area contributed by atoms with Crippen molar-refractivity contribution in [1.29, 1.82) is 0 Å². The molecule has 1 rings (SSSR count). The van der Waals surface area contributed by atoms with Gasteiger partial charge in [-0.05, 0) is 17.7 Å². The first-order valence-corrected chi connectivity index (χ1v) is 3.88. The summed E-state index contributed by atoms with van der Waals surface area (Å²) in [6.45, 7) is 0. The molecule has 0 saturated carbocycles. The lowest BCUT2D eigenvalue weighted by Gasteiger charge is -1.73. The van der Waals surface area contributed by atoms with E-state index in [1.165, 1.54) is 0 Å². The molecular formula is C5H4ClO2S+. The van der Waals surface area contributed by atoms with Crippen LogP contribution in [-0.2, 0) is 0 Å². The van der Waals surface area contributed by atoms with E-state index in [9.17, 15) is 4.79 Å². The van der Waals surface area contributed by atoms with E-state index in [0.717, 1.165) is 0 Å². The molecule has 0 saturated heterocycles. The summed E-state index contributed by atoms with van der Waals surface area (Å²) >= 11 is 5.50. The van der Waals surface area contributed by atoms with Crippen molar-refractivity contribution in [2.24, 2.45) is 0 Å². The van der Waals surface area contributed by atoms with E-state index in [4.69, 9.17) is 16.7 Å². The van der Waals surface area contributed by atoms with Crippen molar-refractivity contribution in [1.82, 2.24) is 0 Å². The number of hydrogen-bond acceptors (Lipinski definition) is 1. The van der Waals surface area contributed by atoms with Crippen LogP contribution in [0.15, 0.2) is 17.5 Å². The van der Waals surface area contributed by atoms with E-state index < -0.39 is 15.8 Å². The fourth-order valence-corrected chi connectivity index (χ4v) is 1.77. The lowest BCUT2D eigenvalue weighted by atomic mass is 10.7. The van der Waals surface area contributed by atoms with Gasteiger partial charge >= 0.3 is 5.30 Å². The molecule has 0 aromatic carbocycles. The molecule has 1 unspecified atom stereocenters. The van der Waals surface area contributed by atoms with Crippen molar-refractivity contribution in [3.63, 3.8) is 0 Å². The lowest BCUT2D eigenvalue weighted by Crippen LogP contribution is -1.80.